The molecule has 4 saturated heterocycles. The van der Waals surface area contributed by atoms with Gasteiger partial charge in [0.05, 0.1) is 47.3 Å². The molecule has 18 nitrogen and oxygen atoms in total. The Morgan fingerprint density at radius 3 is 2.35 bits per heavy atom. The molecule has 4 N–H and O–H groups in total. The summed E-state index contributed by atoms with van der Waals surface area (Å²) in [5, 5.41) is 34.6. The topological polar surface area (TPSA) is 219 Å². The Kier molecular flexibility index (Phi) is 12.9. The summed E-state index contributed by atoms with van der Waals surface area (Å²) in [5.74, 6) is 0.133. The van der Waals surface area contributed by atoms with Crippen molar-refractivity contribution in [1.29, 1.82) is 5.26 Å². The SMILES string of the molecule is CCC1(C(=O)NC(C)C)CCN(c2ccc(-c3nc(-c4cnn(C5CCN(C(=O)CC6(O)CCN(c7ccc(NC8CCC(=O)NC8=O)cc7F)CC6)CC5)c4)cc4ncc(C#N)n34)cn2)CC1. The van der Waals surface area contributed by atoms with Crippen molar-refractivity contribution in [3.63, 3.8) is 0 Å². The van der Waals surface area contributed by atoms with Gasteiger partial charge in [0, 0.05) is 87.0 Å². The summed E-state index contributed by atoms with van der Waals surface area (Å²) in [6.45, 7) is 9.25. The lowest BCUT2D eigenvalue weighted by atomic mass is 9.75. The summed E-state index contributed by atoms with van der Waals surface area (Å²) in [6.07, 6.45) is 11.8. The van der Waals surface area contributed by atoms with Crippen LogP contribution in [-0.2, 0) is 19.2 Å². The molecule has 4 aromatic heterocycles. The van der Waals surface area contributed by atoms with E-state index >= 15 is 4.39 Å². The number of nitriles is 1. The van der Waals surface area contributed by atoms with E-state index < -0.39 is 23.4 Å². The van der Waals surface area contributed by atoms with Crippen LogP contribution in [-0.4, -0.2) is 120 Å². The molecule has 9 rings (SSSR count). The number of imide groups is 1. The van der Waals surface area contributed by atoms with E-state index in [0.717, 1.165) is 30.6 Å². The maximum absolute atomic E-state index is 15.3. The first-order chi connectivity index (χ1) is 32.7. The van der Waals surface area contributed by atoms with E-state index in [2.05, 4.69) is 38.8 Å². The first kappa shape index (κ1) is 46.2. The first-order valence-electron chi connectivity index (χ1n) is 23.7. The van der Waals surface area contributed by atoms with Gasteiger partial charge in [0.25, 0.3) is 0 Å². The Bertz CT molecular complexity index is 2740. The van der Waals surface area contributed by atoms with Gasteiger partial charge in [-0.15, -0.1) is 0 Å². The number of aliphatic hydroxyl groups is 1. The van der Waals surface area contributed by atoms with Crippen LogP contribution in [0.4, 0.5) is 21.6 Å². The third-order valence-electron chi connectivity index (χ3n) is 14.4. The zero-order valence-corrected chi connectivity index (χ0v) is 38.7. The number of rotatable bonds is 12. The number of amides is 4. The number of halogens is 1. The van der Waals surface area contributed by atoms with Gasteiger partial charge >= 0.3 is 0 Å². The minimum atomic E-state index is -1.21. The summed E-state index contributed by atoms with van der Waals surface area (Å²) in [4.78, 5) is 70.6. The van der Waals surface area contributed by atoms with Gasteiger partial charge < -0.3 is 30.4 Å². The van der Waals surface area contributed by atoms with Gasteiger partial charge in [-0.1, -0.05) is 6.92 Å². The molecule has 19 heteroatoms. The predicted octanol–water partition coefficient (Wildman–Crippen LogP) is 4.99. The lowest BCUT2D eigenvalue weighted by Crippen LogP contribution is -2.50. The second-order valence-corrected chi connectivity index (χ2v) is 19.1. The summed E-state index contributed by atoms with van der Waals surface area (Å²) in [6, 6.07) is 12.2. The van der Waals surface area contributed by atoms with Crippen molar-refractivity contribution in [2.75, 3.05) is 54.4 Å². The fourth-order valence-electron chi connectivity index (χ4n) is 10.1. The first-order valence-corrected chi connectivity index (χ1v) is 23.7. The van der Waals surface area contributed by atoms with Gasteiger partial charge in [0.1, 0.15) is 40.9 Å². The number of nitrogens with one attached hydrogen (secondary N) is 3. The summed E-state index contributed by atoms with van der Waals surface area (Å²) in [7, 11) is 0. The molecular weight excluding hydrogens is 870 g/mol. The molecule has 0 radical (unpaired) electrons. The van der Waals surface area contributed by atoms with Crippen LogP contribution in [0.25, 0.3) is 28.3 Å². The molecule has 0 aliphatic carbocycles. The van der Waals surface area contributed by atoms with E-state index in [9.17, 15) is 29.5 Å². The van der Waals surface area contributed by atoms with Crippen molar-refractivity contribution in [1.82, 2.24) is 44.7 Å². The lowest BCUT2D eigenvalue weighted by Gasteiger charge is -2.41. The van der Waals surface area contributed by atoms with Crippen molar-refractivity contribution < 1.29 is 28.7 Å². The van der Waals surface area contributed by atoms with E-state index in [4.69, 9.17) is 15.1 Å². The van der Waals surface area contributed by atoms with Crippen LogP contribution >= 0.6 is 0 Å². The molecule has 4 amide bonds. The van der Waals surface area contributed by atoms with Crippen molar-refractivity contribution in [2.24, 2.45) is 5.41 Å². The Labute approximate surface area is 393 Å². The number of imidazole rings is 1. The molecule has 0 spiro atoms. The van der Waals surface area contributed by atoms with Crippen LogP contribution in [0.2, 0.25) is 0 Å². The highest BCUT2D eigenvalue weighted by atomic mass is 19.1. The average Bonchev–Trinajstić information content (AvgIpc) is 4.01. The third kappa shape index (κ3) is 9.46. The van der Waals surface area contributed by atoms with Gasteiger partial charge in [0.15, 0.2) is 0 Å². The molecule has 8 heterocycles. The smallest absolute Gasteiger partial charge is 0.249 e. The maximum Gasteiger partial charge on any atom is 0.249 e. The summed E-state index contributed by atoms with van der Waals surface area (Å²) in [5.41, 5.74) is 2.27. The minimum absolute atomic E-state index is 0.0127. The van der Waals surface area contributed by atoms with Crippen molar-refractivity contribution in [2.45, 2.75) is 109 Å². The number of piperidine rings is 4. The van der Waals surface area contributed by atoms with Crippen molar-refractivity contribution >= 4 is 46.5 Å². The number of aromatic nitrogens is 6. The average molecular weight is 928 g/mol. The summed E-state index contributed by atoms with van der Waals surface area (Å²) < 4.78 is 19.0. The van der Waals surface area contributed by atoms with E-state index in [-0.39, 0.29) is 48.1 Å². The summed E-state index contributed by atoms with van der Waals surface area (Å²) >= 11 is 0. The van der Waals surface area contributed by atoms with E-state index in [1.807, 2.05) is 47.8 Å². The third-order valence-corrected chi connectivity index (χ3v) is 14.4. The predicted molar refractivity (Wildman–Crippen MR) is 252 cm³/mol. The maximum atomic E-state index is 15.3. The minimum Gasteiger partial charge on any atom is -0.389 e. The fraction of sp³-hybridized carbons (Fsp3) is 0.490. The van der Waals surface area contributed by atoms with E-state index in [1.165, 1.54) is 12.3 Å². The number of anilines is 3. The zero-order chi connectivity index (χ0) is 47.7. The van der Waals surface area contributed by atoms with E-state index in [0.29, 0.717) is 111 Å². The standard InChI is InChI=1S/C49H58FN13O5/c1-4-48(47(67)55-31(2)3)13-19-60(20-14-48)41-9-5-32(27-52-41)45-57-39(24-42-53-29-36(26-51)63(42)45)33-28-54-62(30-33)35-11-17-61(18-12-35)44(65)25-49(68)15-21-59(22-16-49)40-8-6-34(23-37(40)50)56-38-7-10-43(64)58-46(38)66/h5-6,8-9,23-24,27-31,35,38,56,68H,4,7,10-22,25H2,1-3H3,(H,55,67)(H,58,64,66). The number of carbonyl (C=O) groups excluding carboxylic acids is 4. The van der Waals surface area contributed by atoms with Crippen LogP contribution in [0.3, 0.4) is 0 Å². The highest BCUT2D eigenvalue weighted by Crippen LogP contribution is 2.38. The monoisotopic (exact) mass is 927 g/mol. The van der Waals surface area contributed by atoms with Gasteiger partial charge in [-0.25, -0.2) is 19.3 Å². The highest BCUT2D eigenvalue weighted by Gasteiger charge is 2.41. The number of hydrogen-bond donors (Lipinski definition) is 4. The van der Waals surface area contributed by atoms with Crippen molar-refractivity contribution in [3.8, 4) is 28.7 Å². The number of pyridine rings is 1. The zero-order valence-electron chi connectivity index (χ0n) is 38.7. The molecule has 4 aliphatic rings. The van der Waals surface area contributed by atoms with Gasteiger partial charge in [-0.05, 0) is 95.5 Å². The molecular formula is C49H58FN13O5. The molecule has 68 heavy (non-hydrogen) atoms. The number of benzene rings is 1. The van der Waals surface area contributed by atoms with Gasteiger partial charge in [-0.2, -0.15) is 10.4 Å². The number of likely N-dealkylation sites (tertiary alicyclic amines) is 1. The largest absolute Gasteiger partial charge is 0.389 e. The number of nitrogens with zero attached hydrogens (tertiary/aromatic N) is 10. The molecule has 0 saturated carbocycles. The molecule has 1 atom stereocenters. The Morgan fingerprint density at radius 2 is 1.69 bits per heavy atom. The van der Waals surface area contributed by atoms with Crippen molar-refractivity contribution in [3.05, 3.63) is 72.7 Å². The van der Waals surface area contributed by atoms with Crippen LogP contribution < -0.4 is 25.8 Å². The van der Waals surface area contributed by atoms with Gasteiger partial charge in [0.2, 0.25) is 23.6 Å². The normalized spacial score (nSPS) is 19.8. The number of fused-ring (bicyclic) bond motifs is 1. The Hall–Kier alpha value is -6.94. The van der Waals surface area contributed by atoms with Gasteiger partial charge in [-0.3, -0.25) is 33.6 Å². The second-order valence-electron chi connectivity index (χ2n) is 19.1. The van der Waals surface area contributed by atoms with Crippen LogP contribution in [0, 0.1) is 22.6 Å². The fourth-order valence-corrected chi connectivity index (χ4v) is 10.1. The molecule has 0 bridgehead atoms. The molecule has 1 aromatic carbocycles. The molecule has 1 unspecified atom stereocenters. The Morgan fingerprint density at radius 1 is 0.941 bits per heavy atom. The van der Waals surface area contributed by atoms with Crippen LogP contribution in [0.5, 0.6) is 0 Å². The van der Waals surface area contributed by atoms with Crippen LogP contribution in [0.15, 0.2) is 61.2 Å². The lowest BCUT2D eigenvalue weighted by molar-refractivity contribution is -0.139. The number of carbonyl (C=O) groups is 4. The highest BCUT2D eigenvalue weighted by molar-refractivity contribution is 6.01. The quantitative estimate of drug-likeness (QED) is 0.121. The Balaban J connectivity index is 0.799. The molecule has 4 fully saturated rings. The van der Waals surface area contributed by atoms with Crippen LogP contribution in [0.1, 0.15) is 96.7 Å². The number of hydrogen-bond acceptors (Lipinski definition) is 13. The molecule has 4 aliphatic heterocycles. The second kappa shape index (κ2) is 19.0. The molecule has 356 valence electrons. The molecule has 5 aromatic rings. The van der Waals surface area contributed by atoms with E-state index in [1.54, 1.807) is 33.8 Å².